The van der Waals surface area contributed by atoms with E-state index in [0.717, 1.165) is 44.9 Å². The minimum atomic E-state index is -0.885. The molecule has 0 aromatic heterocycles. The highest BCUT2D eigenvalue weighted by Crippen LogP contribution is 2.68. The van der Waals surface area contributed by atoms with E-state index in [1.54, 1.807) is 0 Å². The second kappa shape index (κ2) is 8.12. The van der Waals surface area contributed by atoms with Crippen molar-refractivity contribution in [1.82, 2.24) is 0 Å². The van der Waals surface area contributed by atoms with Gasteiger partial charge in [0.2, 0.25) is 0 Å². The first kappa shape index (κ1) is 22.7. The maximum Gasteiger partial charge on any atom is 0.163 e. The van der Waals surface area contributed by atoms with E-state index in [1.807, 2.05) is 0 Å². The summed E-state index contributed by atoms with van der Waals surface area (Å²) in [6.45, 7) is 5.83. The Labute approximate surface area is 180 Å². The lowest BCUT2D eigenvalue weighted by molar-refractivity contribution is -0.207. The average Bonchev–Trinajstić information content (AvgIpc) is 3.06. The van der Waals surface area contributed by atoms with Crippen molar-refractivity contribution in [2.24, 2.45) is 46.3 Å². The third-order valence-corrected chi connectivity index (χ3v) is 10.5. The summed E-state index contributed by atoms with van der Waals surface area (Å²) in [5, 5.41) is 33.0. The molecule has 0 aromatic rings. The van der Waals surface area contributed by atoms with E-state index in [2.05, 4.69) is 20.8 Å². The number of carbonyl (C=O) groups is 1. The molecule has 3 N–H and O–H groups in total. The average molecular weight is 425 g/mol. The van der Waals surface area contributed by atoms with Crippen LogP contribution >= 0.6 is 0 Å². The van der Waals surface area contributed by atoms with Gasteiger partial charge in [-0.15, -0.1) is 0 Å². The van der Waals surface area contributed by atoms with E-state index >= 15 is 0 Å². The Morgan fingerprint density at radius 2 is 1.80 bits per heavy atom. The molecule has 0 amide bonds. The van der Waals surface area contributed by atoms with Gasteiger partial charge in [-0.1, -0.05) is 20.8 Å². The van der Waals surface area contributed by atoms with Crippen molar-refractivity contribution in [2.45, 2.75) is 96.9 Å². The summed E-state index contributed by atoms with van der Waals surface area (Å²) in [7, 11) is 0. The van der Waals surface area contributed by atoms with Crippen molar-refractivity contribution in [1.29, 1.82) is 0 Å². The summed E-state index contributed by atoms with van der Waals surface area (Å²) in [6.07, 6.45) is 6.03. The first-order valence-electron chi connectivity index (χ1n) is 12.2. The van der Waals surface area contributed by atoms with Crippen LogP contribution in [0.2, 0.25) is 0 Å². The number of Topliss-reactive ketones (excluding diaryl/α,β-unsaturated/α-hetero) is 1. The van der Waals surface area contributed by atoms with Crippen LogP contribution in [-0.2, 0) is 4.79 Å². The monoisotopic (exact) mass is 424 g/mol. The Bertz CT molecular complexity index is 655. The van der Waals surface area contributed by atoms with Gasteiger partial charge in [0.05, 0.1) is 18.3 Å². The predicted molar refractivity (Wildman–Crippen MR) is 113 cm³/mol. The minimum absolute atomic E-state index is 0.0860. The second-order valence-electron chi connectivity index (χ2n) is 11.7. The normalized spacial score (nSPS) is 51.6. The molecule has 30 heavy (non-hydrogen) atoms. The zero-order valence-corrected chi connectivity index (χ0v) is 18.9. The Morgan fingerprint density at radius 1 is 1.07 bits per heavy atom. The van der Waals surface area contributed by atoms with Gasteiger partial charge in [-0.05, 0) is 97.7 Å². The van der Waals surface area contributed by atoms with E-state index < -0.39 is 12.8 Å². The summed E-state index contributed by atoms with van der Waals surface area (Å²) in [6, 6.07) is 0. The fraction of sp³-hybridized carbons (Fsp3) is 0.960. The quantitative estimate of drug-likeness (QED) is 0.625. The molecule has 5 heteroatoms. The van der Waals surface area contributed by atoms with Gasteiger partial charge in [0.15, 0.2) is 5.78 Å². The lowest BCUT2D eigenvalue weighted by atomic mass is 9.43. The molecule has 0 saturated heterocycles. The van der Waals surface area contributed by atoms with E-state index in [1.165, 1.54) is 0 Å². The van der Waals surface area contributed by atoms with Gasteiger partial charge in [0.1, 0.15) is 6.67 Å². The Morgan fingerprint density at radius 3 is 2.50 bits per heavy atom. The van der Waals surface area contributed by atoms with Gasteiger partial charge in [0, 0.05) is 6.42 Å². The summed E-state index contributed by atoms with van der Waals surface area (Å²) in [5.74, 6) is 1.36. The molecule has 4 aliphatic rings. The van der Waals surface area contributed by atoms with Gasteiger partial charge in [0.25, 0.3) is 0 Å². The van der Waals surface area contributed by atoms with E-state index in [-0.39, 0.29) is 53.0 Å². The molecule has 0 unspecified atom stereocenters. The zero-order valence-electron chi connectivity index (χ0n) is 18.9. The van der Waals surface area contributed by atoms with Crippen molar-refractivity contribution in [2.75, 3.05) is 6.67 Å². The molecule has 4 saturated carbocycles. The number of hydrogen-bond donors (Lipinski definition) is 3. The maximum absolute atomic E-state index is 12.6. The predicted octanol–water partition coefficient (Wildman–Crippen LogP) is 3.90. The second-order valence-corrected chi connectivity index (χ2v) is 11.7. The number of aliphatic hydroxyl groups is 3. The smallest absolute Gasteiger partial charge is 0.163 e. The third-order valence-electron chi connectivity index (χ3n) is 10.5. The van der Waals surface area contributed by atoms with Crippen LogP contribution in [0.25, 0.3) is 0 Å². The molecule has 0 radical (unpaired) electrons. The number of halogens is 1. The first-order valence-corrected chi connectivity index (χ1v) is 12.2. The number of rotatable bonds is 5. The third kappa shape index (κ3) is 3.38. The van der Waals surface area contributed by atoms with Crippen LogP contribution in [0.5, 0.6) is 0 Å². The zero-order chi connectivity index (χ0) is 21.8. The van der Waals surface area contributed by atoms with Gasteiger partial charge >= 0.3 is 0 Å². The van der Waals surface area contributed by atoms with Crippen molar-refractivity contribution >= 4 is 5.78 Å². The molecule has 4 aliphatic carbocycles. The van der Waals surface area contributed by atoms with Gasteiger partial charge in [-0.3, -0.25) is 4.79 Å². The van der Waals surface area contributed by atoms with Gasteiger partial charge in [-0.2, -0.15) is 0 Å². The van der Waals surface area contributed by atoms with Crippen molar-refractivity contribution in [3.8, 4) is 0 Å². The molecule has 4 nitrogen and oxygen atoms in total. The topological polar surface area (TPSA) is 77.8 Å². The largest absolute Gasteiger partial charge is 0.393 e. The maximum atomic E-state index is 12.6. The van der Waals surface area contributed by atoms with Crippen LogP contribution in [0.15, 0.2) is 0 Å². The van der Waals surface area contributed by atoms with E-state index in [9.17, 15) is 24.5 Å². The molecule has 4 fully saturated rings. The molecule has 0 heterocycles. The highest BCUT2D eigenvalue weighted by atomic mass is 19.1. The molecule has 0 spiro atoms. The fourth-order valence-electron chi connectivity index (χ4n) is 8.79. The van der Waals surface area contributed by atoms with Crippen LogP contribution in [-0.4, -0.2) is 46.1 Å². The number of hydrogen-bond acceptors (Lipinski definition) is 4. The van der Waals surface area contributed by atoms with Crippen molar-refractivity contribution in [3.63, 3.8) is 0 Å². The Hall–Kier alpha value is -0.520. The lowest BCUT2D eigenvalue weighted by Crippen LogP contribution is -2.62. The molecular formula is C25H41FO4. The van der Waals surface area contributed by atoms with Crippen molar-refractivity contribution in [3.05, 3.63) is 0 Å². The summed E-state index contributed by atoms with van der Waals surface area (Å²) in [5.41, 5.74) is -0.166. The summed E-state index contributed by atoms with van der Waals surface area (Å²) < 4.78 is 12.6. The molecule has 11 atom stereocenters. The molecular weight excluding hydrogens is 383 g/mol. The van der Waals surface area contributed by atoms with Crippen LogP contribution in [0, 0.1) is 46.3 Å². The summed E-state index contributed by atoms with van der Waals surface area (Å²) >= 11 is 0. The highest BCUT2D eigenvalue weighted by Gasteiger charge is 2.65. The highest BCUT2D eigenvalue weighted by molar-refractivity contribution is 5.79. The number of alkyl halides is 1. The van der Waals surface area contributed by atoms with Crippen LogP contribution in [0.1, 0.15) is 78.6 Å². The summed E-state index contributed by atoms with van der Waals surface area (Å²) in [4.78, 5) is 11.5. The van der Waals surface area contributed by atoms with Gasteiger partial charge < -0.3 is 15.3 Å². The lowest BCUT2D eigenvalue weighted by Gasteiger charge is -2.63. The van der Waals surface area contributed by atoms with Crippen LogP contribution in [0.4, 0.5) is 4.39 Å². The van der Waals surface area contributed by atoms with Crippen LogP contribution in [0.3, 0.4) is 0 Å². The van der Waals surface area contributed by atoms with Crippen LogP contribution < -0.4 is 0 Å². The minimum Gasteiger partial charge on any atom is -0.393 e. The molecule has 0 bridgehead atoms. The first-order chi connectivity index (χ1) is 14.1. The molecule has 0 aromatic carbocycles. The Balaban J connectivity index is 1.58. The van der Waals surface area contributed by atoms with Crippen molar-refractivity contribution < 1.29 is 24.5 Å². The fourth-order valence-corrected chi connectivity index (χ4v) is 8.79. The number of ketones is 1. The number of aliphatic hydroxyl groups excluding tert-OH is 3. The number of fused-ring (bicyclic) bond motifs is 5. The van der Waals surface area contributed by atoms with E-state index in [4.69, 9.17) is 0 Å². The van der Waals surface area contributed by atoms with E-state index in [0.29, 0.717) is 24.2 Å². The molecule has 0 aliphatic heterocycles. The van der Waals surface area contributed by atoms with Gasteiger partial charge in [-0.25, -0.2) is 4.39 Å². The Kier molecular flexibility index (Phi) is 6.13. The molecule has 4 rings (SSSR count). The standard InChI is InChI=1S/C25H41FO4/c1-14(4-5-17(28)13-26)18-6-7-19-23-20(12-22(30)25(18,19)3)24(2)9-8-16(27)10-15(24)11-21(23)29/h14-16,18-23,27,29-30H,4-13H2,1-3H3/t14-,15+,16-,18-,19+,20+,21-,22+,23+,24+,25-/m1/s1. The molecule has 172 valence electrons. The number of carbonyl (C=O) groups excluding carboxylic acids is 1. The SMILES string of the molecule is C[C@H](CCC(=O)CF)[C@H]1CC[C@H]2[C@@H]3[C@H](O)C[C@@H]4C[C@H](O)CC[C@]4(C)[C@H]3C[C@H](O)[C@]12C.